The normalized spacial score (nSPS) is 19.2. The van der Waals surface area contributed by atoms with Gasteiger partial charge in [-0.1, -0.05) is 18.2 Å². The van der Waals surface area contributed by atoms with Crippen molar-refractivity contribution in [2.45, 2.75) is 26.3 Å². The van der Waals surface area contributed by atoms with E-state index in [9.17, 15) is 18.8 Å². The van der Waals surface area contributed by atoms with Crippen molar-refractivity contribution >= 4 is 23.5 Å². The van der Waals surface area contributed by atoms with E-state index in [0.29, 0.717) is 11.3 Å². The predicted octanol–water partition coefficient (Wildman–Crippen LogP) is 2.85. The van der Waals surface area contributed by atoms with Gasteiger partial charge in [0.1, 0.15) is 17.9 Å². The number of halogens is 1. The largest absolute Gasteiger partial charge is 0.325 e. The van der Waals surface area contributed by atoms with Gasteiger partial charge in [0.2, 0.25) is 5.91 Å². The van der Waals surface area contributed by atoms with Crippen LogP contribution in [0.5, 0.6) is 0 Å². The Morgan fingerprint density at radius 1 is 1.11 bits per heavy atom. The molecule has 0 bridgehead atoms. The molecule has 27 heavy (non-hydrogen) atoms. The lowest BCUT2D eigenvalue weighted by atomic mass is 9.92. The lowest BCUT2D eigenvalue weighted by Gasteiger charge is -2.22. The molecular formula is C20H20FN3O3. The van der Waals surface area contributed by atoms with Gasteiger partial charge in [-0.25, -0.2) is 9.18 Å². The number of imide groups is 1. The fraction of sp³-hybridized carbons (Fsp3) is 0.250. The molecule has 0 radical (unpaired) electrons. The molecule has 140 valence electrons. The molecule has 4 amide bonds. The summed E-state index contributed by atoms with van der Waals surface area (Å²) >= 11 is 0. The number of hydrogen-bond donors (Lipinski definition) is 2. The molecule has 2 N–H and O–H groups in total. The third-order valence-corrected chi connectivity index (χ3v) is 4.79. The molecule has 1 fully saturated rings. The van der Waals surface area contributed by atoms with Crippen molar-refractivity contribution in [3.8, 4) is 0 Å². The lowest BCUT2D eigenvalue weighted by Crippen LogP contribution is -2.42. The third kappa shape index (κ3) is 3.53. The Hall–Kier alpha value is -3.22. The average Bonchev–Trinajstić information content (AvgIpc) is 2.83. The number of anilines is 1. The van der Waals surface area contributed by atoms with E-state index in [0.717, 1.165) is 16.0 Å². The fourth-order valence-electron chi connectivity index (χ4n) is 2.98. The number of aryl methyl sites for hydroxylation is 2. The first-order valence-corrected chi connectivity index (χ1v) is 8.48. The first kappa shape index (κ1) is 18.6. The van der Waals surface area contributed by atoms with Crippen LogP contribution in [0, 0.1) is 19.7 Å². The summed E-state index contributed by atoms with van der Waals surface area (Å²) in [6, 6.07) is 10.1. The van der Waals surface area contributed by atoms with Crippen molar-refractivity contribution in [2.75, 3.05) is 11.9 Å². The number of nitrogens with one attached hydrogen (secondary N) is 2. The highest BCUT2D eigenvalue weighted by Crippen LogP contribution is 2.28. The molecule has 3 rings (SSSR count). The summed E-state index contributed by atoms with van der Waals surface area (Å²) in [5.41, 5.74) is 1.81. The Bertz CT molecular complexity index is 927. The molecule has 0 aromatic heterocycles. The van der Waals surface area contributed by atoms with Crippen LogP contribution in [0.4, 0.5) is 14.9 Å². The third-order valence-electron chi connectivity index (χ3n) is 4.79. The molecule has 1 aliphatic heterocycles. The molecule has 1 aliphatic rings. The van der Waals surface area contributed by atoms with Crippen LogP contribution in [0.25, 0.3) is 0 Å². The summed E-state index contributed by atoms with van der Waals surface area (Å²) in [5.74, 6) is -1.48. The molecular weight excluding hydrogens is 349 g/mol. The van der Waals surface area contributed by atoms with Crippen LogP contribution in [0.2, 0.25) is 0 Å². The lowest BCUT2D eigenvalue weighted by molar-refractivity contribution is -0.133. The maximum Gasteiger partial charge on any atom is 0.325 e. The molecule has 7 heteroatoms. The first-order valence-electron chi connectivity index (χ1n) is 8.48. The number of carbonyl (C=O) groups excluding carboxylic acids is 3. The van der Waals surface area contributed by atoms with Crippen LogP contribution in [0.15, 0.2) is 42.5 Å². The van der Waals surface area contributed by atoms with E-state index >= 15 is 0 Å². The minimum absolute atomic E-state index is 0.408. The van der Waals surface area contributed by atoms with Gasteiger partial charge in [0, 0.05) is 5.69 Å². The van der Waals surface area contributed by atoms with E-state index in [4.69, 9.17) is 0 Å². The van der Waals surface area contributed by atoms with Crippen LogP contribution >= 0.6 is 0 Å². The smallest absolute Gasteiger partial charge is 0.325 e. The van der Waals surface area contributed by atoms with Crippen LogP contribution in [0.3, 0.4) is 0 Å². The Balaban J connectivity index is 1.74. The van der Waals surface area contributed by atoms with Crippen molar-refractivity contribution in [3.63, 3.8) is 0 Å². The first-order chi connectivity index (χ1) is 12.7. The highest BCUT2D eigenvalue weighted by molar-refractivity contribution is 6.10. The summed E-state index contributed by atoms with van der Waals surface area (Å²) in [6.07, 6.45) is 0. The highest BCUT2D eigenvalue weighted by atomic mass is 19.1. The second-order valence-electron chi connectivity index (χ2n) is 6.80. The highest BCUT2D eigenvalue weighted by Gasteiger charge is 2.49. The Labute approximate surface area is 156 Å². The van der Waals surface area contributed by atoms with Crippen LogP contribution in [0.1, 0.15) is 23.6 Å². The summed E-state index contributed by atoms with van der Waals surface area (Å²) in [5, 5.41) is 5.28. The minimum Gasteiger partial charge on any atom is -0.325 e. The van der Waals surface area contributed by atoms with Gasteiger partial charge in [0.15, 0.2) is 0 Å². The Morgan fingerprint density at radius 2 is 1.78 bits per heavy atom. The van der Waals surface area contributed by atoms with Crippen LogP contribution < -0.4 is 10.6 Å². The zero-order valence-corrected chi connectivity index (χ0v) is 15.3. The van der Waals surface area contributed by atoms with Crippen molar-refractivity contribution in [1.82, 2.24) is 10.2 Å². The summed E-state index contributed by atoms with van der Waals surface area (Å²) in [6.45, 7) is 5.01. The summed E-state index contributed by atoms with van der Waals surface area (Å²) in [7, 11) is 0. The number of amides is 4. The Kier molecular flexibility index (Phi) is 4.70. The van der Waals surface area contributed by atoms with Crippen LogP contribution in [-0.2, 0) is 15.1 Å². The standard InChI is InChI=1S/C20H20FN3O3/c1-12-4-9-16(10-13(12)2)22-17(25)11-24-18(26)20(3,23-19(24)27)14-5-7-15(21)8-6-14/h4-10H,11H2,1-3H3,(H,22,25)(H,23,27). The van der Waals surface area contributed by atoms with Crippen molar-refractivity contribution in [3.05, 3.63) is 65.0 Å². The molecule has 0 spiro atoms. The molecule has 2 aromatic rings. The molecule has 0 saturated carbocycles. The zero-order valence-electron chi connectivity index (χ0n) is 15.3. The van der Waals surface area contributed by atoms with Gasteiger partial charge in [0.25, 0.3) is 5.91 Å². The zero-order chi connectivity index (χ0) is 19.8. The number of nitrogens with zero attached hydrogens (tertiary/aromatic N) is 1. The van der Waals surface area contributed by atoms with Crippen LogP contribution in [-0.4, -0.2) is 29.3 Å². The fourth-order valence-corrected chi connectivity index (χ4v) is 2.98. The number of hydrogen-bond acceptors (Lipinski definition) is 3. The number of carbonyl (C=O) groups is 3. The molecule has 2 aromatic carbocycles. The molecule has 6 nitrogen and oxygen atoms in total. The molecule has 1 unspecified atom stereocenters. The average molecular weight is 369 g/mol. The van der Waals surface area contributed by atoms with E-state index < -0.39 is 35.7 Å². The van der Waals surface area contributed by atoms with E-state index in [2.05, 4.69) is 10.6 Å². The second kappa shape index (κ2) is 6.83. The number of rotatable bonds is 4. The molecule has 1 heterocycles. The second-order valence-corrected chi connectivity index (χ2v) is 6.80. The molecule has 1 atom stereocenters. The molecule has 1 saturated heterocycles. The number of benzene rings is 2. The summed E-state index contributed by atoms with van der Waals surface area (Å²) in [4.78, 5) is 38.2. The van der Waals surface area contributed by atoms with E-state index in [1.54, 1.807) is 6.07 Å². The van der Waals surface area contributed by atoms with E-state index in [1.807, 2.05) is 26.0 Å². The Morgan fingerprint density at radius 3 is 2.41 bits per heavy atom. The van der Waals surface area contributed by atoms with Gasteiger partial charge < -0.3 is 10.6 Å². The quantitative estimate of drug-likeness (QED) is 0.814. The topological polar surface area (TPSA) is 78.5 Å². The van der Waals surface area contributed by atoms with Gasteiger partial charge in [-0.15, -0.1) is 0 Å². The van der Waals surface area contributed by atoms with E-state index in [1.165, 1.54) is 31.2 Å². The van der Waals surface area contributed by atoms with E-state index in [-0.39, 0.29) is 0 Å². The number of urea groups is 1. The SMILES string of the molecule is Cc1ccc(NC(=O)CN2C(=O)NC(C)(c3ccc(F)cc3)C2=O)cc1C. The molecule has 0 aliphatic carbocycles. The van der Waals surface area contributed by atoms with Gasteiger partial charge in [-0.3, -0.25) is 14.5 Å². The van der Waals surface area contributed by atoms with Gasteiger partial charge in [-0.05, 0) is 61.7 Å². The van der Waals surface area contributed by atoms with Crippen molar-refractivity contribution < 1.29 is 18.8 Å². The van der Waals surface area contributed by atoms with Gasteiger partial charge in [-0.2, -0.15) is 0 Å². The van der Waals surface area contributed by atoms with Gasteiger partial charge in [0.05, 0.1) is 0 Å². The minimum atomic E-state index is -1.34. The monoisotopic (exact) mass is 369 g/mol. The summed E-state index contributed by atoms with van der Waals surface area (Å²) < 4.78 is 13.1. The van der Waals surface area contributed by atoms with Gasteiger partial charge >= 0.3 is 6.03 Å². The van der Waals surface area contributed by atoms with Crippen molar-refractivity contribution in [2.24, 2.45) is 0 Å². The maximum absolute atomic E-state index is 13.1. The predicted molar refractivity (Wildman–Crippen MR) is 98.5 cm³/mol. The van der Waals surface area contributed by atoms with Crippen molar-refractivity contribution in [1.29, 1.82) is 0 Å². The maximum atomic E-state index is 13.1.